The van der Waals surface area contributed by atoms with E-state index >= 15 is 0 Å². The van der Waals surface area contributed by atoms with Crippen molar-refractivity contribution in [2.75, 3.05) is 0 Å². The van der Waals surface area contributed by atoms with Crippen LogP contribution in [0.2, 0.25) is 0 Å². The third kappa shape index (κ3) is 1.32. The van der Waals surface area contributed by atoms with E-state index in [0.29, 0.717) is 5.89 Å². The van der Waals surface area contributed by atoms with Crippen molar-refractivity contribution in [3.05, 3.63) is 49.4 Å². The van der Waals surface area contributed by atoms with Crippen LogP contribution < -0.4 is 0 Å². The lowest BCUT2D eigenvalue weighted by molar-refractivity contribution is 0.519. The Morgan fingerprint density at radius 2 is 2.18 bits per heavy atom. The van der Waals surface area contributed by atoms with Crippen LogP contribution in [0.3, 0.4) is 0 Å². The normalized spacial score (nSPS) is 10.2. The van der Waals surface area contributed by atoms with Crippen molar-refractivity contribution < 1.29 is 4.42 Å². The lowest BCUT2D eigenvalue weighted by Crippen LogP contribution is -1.91. The molecule has 0 unspecified atom stereocenters. The molecular weight excluding hydrogens is 140 g/mol. The van der Waals surface area contributed by atoms with E-state index in [0.717, 1.165) is 0 Å². The van der Waals surface area contributed by atoms with Crippen LogP contribution in [-0.2, 0) is 0 Å². The van der Waals surface area contributed by atoms with Gasteiger partial charge in [0.25, 0.3) is 0 Å². The summed E-state index contributed by atoms with van der Waals surface area (Å²) in [5.41, 5.74) is 0. The number of aromatic nitrogens is 2. The van der Waals surface area contributed by atoms with E-state index in [9.17, 15) is 0 Å². The first-order chi connectivity index (χ1) is 5.45. The highest BCUT2D eigenvalue weighted by molar-refractivity contribution is 5.03. The first-order valence-corrected chi connectivity index (χ1v) is 3.32. The van der Waals surface area contributed by atoms with Crippen molar-refractivity contribution >= 4 is 0 Å². The van der Waals surface area contributed by atoms with Crippen molar-refractivity contribution in [3.63, 3.8) is 0 Å². The first kappa shape index (κ1) is 6.22. The molecule has 0 fully saturated rings. The van der Waals surface area contributed by atoms with Gasteiger partial charge in [0.2, 0.25) is 5.89 Å². The third-order valence-corrected chi connectivity index (χ3v) is 1.34. The Kier molecular flexibility index (Phi) is 1.48. The van der Waals surface area contributed by atoms with Gasteiger partial charge in [-0.25, -0.2) is 4.98 Å². The van der Waals surface area contributed by atoms with E-state index in [-0.39, 0.29) is 0 Å². The molecule has 2 rings (SSSR count). The lowest BCUT2D eigenvalue weighted by atomic mass is 10.6. The Hall–Kier alpha value is -1.51. The molecule has 2 aromatic rings. The number of hydrogen-bond acceptors (Lipinski definition) is 2. The molecule has 55 valence electrons. The van der Waals surface area contributed by atoms with Gasteiger partial charge in [-0.15, -0.1) is 0 Å². The summed E-state index contributed by atoms with van der Waals surface area (Å²) >= 11 is 0. The van der Waals surface area contributed by atoms with Gasteiger partial charge in [-0.3, -0.25) is 0 Å². The summed E-state index contributed by atoms with van der Waals surface area (Å²) in [6.45, 7) is 1.81. The van der Waals surface area contributed by atoms with Crippen molar-refractivity contribution in [3.8, 4) is 0 Å². The SMILES string of the molecule is [CH](c1ncco1)n1cccc1. The van der Waals surface area contributed by atoms with Crippen LogP contribution in [0.25, 0.3) is 0 Å². The summed E-state index contributed by atoms with van der Waals surface area (Å²) in [7, 11) is 0. The fraction of sp³-hybridized carbons (Fsp3) is 0. The predicted molar refractivity (Wildman–Crippen MR) is 39.7 cm³/mol. The molecule has 1 radical (unpaired) electrons. The molecule has 0 aliphatic carbocycles. The van der Waals surface area contributed by atoms with Gasteiger partial charge in [-0.05, 0) is 12.1 Å². The standard InChI is InChI=1S/C8H7N2O/c1-2-5-10(4-1)7-8-9-3-6-11-8/h1-7H. The molecule has 2 heterocycles. The molecular formula is C8H7N2O. The van der Waals surface area contributed by atoms with E-state index in [2.05, 4.69) is 4.98 Å². The smallest absolute Gasteiger partial charge is 0.219 e. The molecule has 0 aromatic carbocycles. The molecule has 0 aliphatic rings. The van der Waals surface area contributed by atoms with Crippen LogP contribution in [0.1, 0.15) is 5.89 Å². The van der Waals surface area contributed by atoms with E-state index < -0.39 is 0 Å². The Bertz CT molecular complexity index is 264. The zero-order valence-electron chi connectivity index (χ0n) is 5.84. The Balaban J connectivity index is 2.14. The van der Waals surface area contributed by atoms with Crippen LogP contribution >= 0.6 is 0 Å². The predicted octanol–water partition coefficient (Wildman–Crippen LogP) is 1.53. The highest BCUT2D eigenvalue weighted by atomic mass is 16.3. The molecule has 11 heavy (non-hydrogen) atoms. The summed E-state index contributed by atoms with van der Waals surface area (Å²) in [4.78, 5) is 3.95. The van der Waals surface area contributed by atoms with Gasteiger partial charge in [0.15, 0.2) is 0 Å². The largest absolute Gasteiger partial charge is 0.447 e. The quantitative estimate of drug-likeness (QED) is 0.645. The summed E-state index contributed by atoms with van der Waals surface area (Å²) in [6.07, 6.45) is 7.01. The number of rotatable bonds is 2. The third-order valence-electron chi connectivity index (χ3n) is 1.34. The number of nitrogens with zero attached hydrogens (tertiary/aromatic N) is 2. The van der Waals surface area contributed by atoms with E-state index in [1.807, 2.05) is 29.1 Å². The molecule has 0 N–H and O–H groups in total. The van der Waals surface area contributed by atoms with Crippen molar-refractivity contribution in [1.82, 2.24) is 9.55 Å². The Labute approximate surface area is 64.3 Å². The second-order valence-corrected chi connectivity index (χ2v) is 2.13. The molecule has 2 aromatic heterocycles. The van der Waals surface area contributed by atoms with Gasteiger partial charge in [-0.1, -0.05) is 0 Å². The van der Waals surface area contributed by atoms with Crippen LogP contribution in [0.15, 0.2) is 41.4 Å². The minimum absolute atomic E-state index is 0.612. The van der Waals surface area contributed by atoms with Crippen LogP contribution in [0.5, 0.6) is 0 Å². The van der Waals surface area contributed by atoms with Gasteiger partial charge < -0.3 is 8.98 Å². The Morgan fingerprint density at radius 1 is 1.36 bits per heavy atom. The zero-order chi connectivity index (χ0) is 7.52. The van der Waals surface area contributed by atoms with Crippen LogP contribution in [-0.4, -0.2) is 9.55 Å². The molecule has 0 bridgehead atoms. The number of oxazole rings is 1. The summed E-state index contributed by atoms with van der Waals surface area (Å²) in [6, 6.07) is 3.89. The Morgan fingerprint density at radius 3 is 2.82 bits per heavy atom. The summed E-state index contributed by atoms with van der Waals surface area (Å²) in [5.74, 6) is 0.612. The average Bonchev–Trinajstić information content (AvgIpc) is 2.60. The molecule has 0 spiro atoms. The molecule has 0 amide bonds. The molecule has 0 saturated heterocycles. The first-order valence-electron chi connectivity index (χ1n) is 3.32. The van der Waals surface area contributed by atoms with Crippen molar-refractivity contribution in [2.24, 2.45) is 0 Å². The summed E-state index contributed by atoms with van der Waals surface area (Å²) in [5, 5.41) is 0. The molecule has 3 nitrogen and oxygen atoms in total. The van der Waals surface area contributed by atoms with Crippen LogP contribution in [0, 0.1) is 6.54 Å². The van der Waals surface area contributed by atoms with Gasteiger partial charge in [-0.2, -0.15) is 0 Å². The zero-order valence-corrected chi connectivity index (χ0v) is 5.84. The average molecular weight is 147 g/mol. The second kappa shape index (κ2) is 2.62. The maximum absolute atomic E-state index is 5.02. The maximum atomic E-state index is 5.02. The maximum Gasteiger partial charge on any atom is 0.219 e. The van der Waals surface area contributed by atoms with Gasteiger partial charge in [0, 0.05) is 12.4 Å². The van der Waals surface area contributed by atoms with E-state index in [4.69, 9.17) is 4.42 Å². The molecule has 0 aliphatic heterocycles. The van der Waals surface area contributed by atoms with Crippen LogP contribution in [0.4, 0.5) is 0 Å². The van der Waals surface area contributed by atoms with E-state index in [1.165, 1.54) is 0 Å². The molecule has 0 atom stereocenters. The highest BCUT2D eigenvalue weighted by Crippen LogP contribution is 2.01. The molecule has 3 heteroatoms. The van der Waals surface area contributed by atoms with Gasteiger partial charge in [0.1, 0.15) is 12.8 Å². The highest BCUT2D eigenvalue weighted by Gasteiger charge is 1.96. The molecule has 0 saturated carbocycles. The van der Waals surface area contributed by atoms with Gasteiger partial charge >= 0.3 is 0 Å². The minimum atomic E-state index is 0.612. The topological polar surface area (TPSA) is 31.0 Å². The van der Waals surface area contributed by atoms with E-state index in [1.54, 1.807) is 19.0 Å². The summed E-state index contributed by atoms with van der Waals surface area (Å²) < 4.78 is 6.90. The fourth-order valence-electron chi connectivity index (χ4n) is 0.860. The second-order valence-electron chi connectivity index (χ2n) is 2.13. The van der Waals surface area contributed by atoms with Crippen molar-refractivity contribution in [2.45, 2.75) is 0 Å². The minimum Gasteiger partial charge on any atom is -0.447 e. The van der Waals surface area contributed by atoms with Crippen molar-refractivity contribution in [1.29, 1.82) is 0 Å². The lowest BCUT2D eigenvalue weighted by Gasteiger charge is -1.94. The number of hydrogen-bond donors (Lipinski definition) is 0. The van der Waals surface area contributed by atoms with Gasteiger partial charge in [0.05, 0.1) is 6.20 Å². The monoisotopic (exact) mass is 147 g/mol. The fourth-order valence-corrected chi connectivity index (χ4v) is 0.860.